The molecule has 25 heavy (non-hydrogen) atoms. The van der Waals surface area contributed by atoms with Crippen molar-refractivity contribution in [1.82, 2.24) is 0 Å². The molecular weight excluding hydrogens is 310 g/mol. The molecule has 0 fully saturated rings. The lowest BCUT2D eigenvalue weighted by Gasteiger charge is -2.39. The van der Waals surface area contributed by atoms with Gasteiger partial charge in [0.05, 0.1) is 5.60 Å². The van der Waals surface area contributed by atoms with E-state index in [4.69, 9.17) is 10.5 Å². The van der Waals surface area contributed by atoms with Crippen molar-refractivity contribution in [2.45, 2.75) is 45.8 Å². The summed E-state index contributed by atoms with van der Waals surface area (Å²) in [6.07, 6.45) is 1.94. The molecule has 0 radical (unpaired) electrons. The Morgan fingerprint density at radius 3 is 2.16 bits per heavy atom. The predicted molar refractivity (Wildman–Crippen MR) is 103 cm³/mol. The van der Waals surface area contributed by atoms with Gasteiger partial charge in [0.25, 0.3) is 0 Å². The molecular formula is C22H25NO2. The Morgan fingerprint density at radius 2 is 1.52 bits per heavy atom. The Labute approximate surface area is 149 Å². The standard InChI is InChI=1S/C22H25NO2/c1-14-6-7-16(15-8-10-17(23)11-9-15)12-18(14)19-13-21(2,3)25-22(4,5)20(19)24/h6-13H,23H2,1-5H3. The summed E-state index contributed by atoms with van der Waals surface area (Å²) < 4.78 is 5.95. The fraction of sp³-hybridized carbons (Fsp3) is 0.318. The Balaban J connectivity index is 2.13. The quantitative estimate of drug-likeness (QED) is 0.803. The number of carbonyl (C=O) groups excluding carboxylic acids is 1. The van der Waals surface area contributed by atoms with Gasteiger partial charge < -0.3 is 10.5 Å². The summed E-state index contributed by atoms with van der Waals surface area (Å²) in [5.74, 6) is 0.0179. The molecule has 0 saturated carbocycles. The summed E-state index contributed by atoms with van der Waals surface area (Å²) in [5.41, 5.74) is 10.1. The number of Topliss-reactive ketones (excluding diaryl/α,β-unsaturated/α-hetero) is 1. The second kappa shape index (κ2) is 5.85. The van der Waals surface area contributed by atoms with Crippen LogP contribution in [0.15, 0.2) is 48.5 Å². The van der Waals surface area contributed by atoms with E-state index in [1.54, 1.807) is 0 Å². The zero-order valence-corrected chi connectivity index (χ0v) is 15.5. The molecule has 3 rings (SSSR count). The van der Waals surface area contributed by atoms with Gasteiger partial charge in [-0.3, -0.25) is 4.79 Å². The molecule has 2 aromatic rings. The van der Waals surface area contributed by atoms with E-state index in [0.29, 0.717) is 0 Å². The maximum atomic E-state index is 13.0. The molecule has 0 aromatic heterocycles. The minimum atomic E-state index is -0.836. The van der Waals surface area contributed by atoms with Crippen LogP contribution < -0.4 is 5.73 Å². The van der Waals surface area contributed by atoms with Crippen molar-refractivity contribution in [3.63, 3.8) is 0 Å². The lowest BCUT2D eigenvalue weighted by Crippen LogP contribution is -2.46. The number of rotatable bonds is 2. The fourth-order valence-corrected chi connectivity index (χ4v) is 3.44. The van der Waals surface area contributed by atoms with E-state index in [9.17, 15) is 4.79 Å². The van der Waals surface area contributed by atoms with Crippen LogP contribution in [-0.2, 0) is 9.53 Å². The molecule has 0 spiro atoms. The summed E-state index contributed by atoms with van der Waals surface area (Å²) in [4.78, 5) is 13.0. The van der Waals surface area contributed by atoms with Gasteiger partial charge in [-0.05, 0) is 81.1 Å². The van der Waals surface area contributed by atoms with E-state index in [0.717, 1.165) is 33.5 Å². The smallest absolute Gasteiger partial charge is 0.194 e. The number of ketones is 1. The van der Waals surface area contributed by atoms with Gasteiger partial charge in [-0.25, -0.2) is 0 Å². The molecule has 3 nitrogen and oxygen atoms in total. The largest absolute Gasteiger partial charge is 0.399 e. The number of nitrogens with two attached hydrogens (primary N) is 1. The van der Waals surface area contributed by atoms with E-state index in [-0.39, 0.29) is 5.78 Å². The van der Waals surface area contributed by atoms with Crippen LogP contribution in [0.2, 0.25) is 0 Å². The lowest BCUT2D eigenvalue weighted by molar-refractivity contribution is -0.150. The zero-order chi connectivity index (χ0) is 18.4. The van der Waals surface area contributed by atoms with E-state index in [1.165, 1.54) is 0 Å². The van der Waals surface area contributed by atoms with Crippen LogP contribution in [0.1, 0.15) is 38.8 Å². The van der Waals surface area contributed by atoms with Crippen LogP contribution in [0.25, 0.3) is 16.7 Å². The van der Waals surface area contributed by atoms with Gasteiger partial charge in [0, 0.05) is 11.3 Å². The topological polar surface area (TPSA) is 52.3 Å². The molecule has 2 aromatic carbocycles. The molecule has 0 saturated heterocycles. The Kier molecular flexibility index (Phi) is 4.08. The SMILES string of the molecule is Cc1ccc(-c2ccc(N)cc2)cc1C1=CC(C)(C)OC(C)(C)C1=O. The van der Waals surface area contributed by atoms with Crippen LogP contribution in [0.3, 0.4) is 0 Å². The lowest BCUT2D eigenvalue weighted by atomic mass is 9.82. The first-order chi connectivity index (χ1) is 11.6. The summed E-state index contributed by atoms with van der Waals surface area (Å²) in [6, 6.07) is 14.0. The van der Waals surface area contributed by atoms with Crippen molar-refractivity contribution in [1.29, 1.82) is 0 Å². The average molecular weight is 335 g/mol. The second-order valence-corrected chi connectivity index (χ2v) is 7.75. The molecule has 0 atom stereocenters. The molecule has 0 aliphatic carbocycles. The molecule has 1 aliphatic heterocycles. The van der Waals surface area contributed by atoms with Gasteiger partial charge in [-0.15, -0.1) is 0 Å². The van der Waals surface area contributed by atoms with Crippen molar-refractivity contribution in [2.24, 2.45) is 0 Å². The van der Waals surface area contributed by atoms with Crippen molar-refractivity contribution in [3.05, 3.63) is 59.7 Å². The highest BCUT2D eigenvalue weighted by atomic mass is 16.5. The molecule has 1 heterocycles. The van der Waals surface area contributed by atoms with Crippen molar-refractivity contribution in [3.8, 4) is 11.1 Å². The third-order valence-electron chi connectivity index (χ3n) is 4.57. The van der Waals surface area contributed by atoms with Gasteiger partial charge in [0.2, 0.25) is 0 Å². The number of aryl methyl sites for hydroxylation is 1. The Hall–Kier alpha value is -2.39. The number of carbonyl (C=O) groups is 1. The minimum absolute atomic E-state index is 0.0179. The highest BCUT2D eigenvalue weighted by Gasteiger charge is 2.41. The molecule has 0 unspecified atom stereocenters. The maximum Gasteiger partial charge on any atom is 0.194 e. The van der Waals surface area contributed by atoms with Crippen LogP contribution in [0, 0.1) is 6.92 Å². The van der Waals surface area contributed by atoms with Gasteiger partial charge in [-0.1, -0.05) is 24.3 Å². The van der Waals surface area contributed by atoms with Gasteiger partial charge in [-0.2, -0.15) is 0 Å². The molecule has 0 bridgehead atoms. The third kappa shape index (κ3) is 3.38. The van der Waals surface area contributed by atoms with Crippen LogP contribution in [0.4, 0.5) is 5.69 Å². The Bertz CT molecular complexity index is 858. The van der Waals surface area contributed by atoms with Crippen LogP contribution in [-0.4, -0.2) is 17.0 Å². The van der Waals surface area contributed by atoms with E-state index in [1.807, 2.05) is 65.0 Å². The summed E-state index contributed by atoms with van der Waals surface area (Å²) >= 11 is 0. The molecule has 2 N–H and O–H groups in total. The van der Waals surface area contributed by atoms with Crippen molar-refractivity contribution < 1.29 is 9.53 Å². The van der Waals surface area contributed by atoms with Gasteiger partial charge in [0.1, 0.15) is 5.60 Å². The Morgan fingerprint density at radius 1 is 0.920 bits per heavy atom. The number of ether oxygens (including phenoxy) is 1. The number of benzene rings is 2. The molecule has 1 aliphatic rings. The van der Waals surface area contributed by atoms with Crippen molar-refractivity contribution in [2.75, 3.05) is 5.73 Å². The fourth-order valence-electron chi connectivity index (χ4n) is 3.44. The average Bonchev–Trinajstić information content (AvgIpc) is 2.51. The van der Waals surface area contributed by atoms with Crippen LogP contribution >= 0.6 is 0 Å². The van der Waals surface area contributed by atoms with Gasteiger partial charge in [0.15, 0.2) is 5.78 Å². The first-order valence-electron chi connectivity index (χ1n) is 8.54. The predicted octanol–water partition coefficient (Wildman–Crippen LogP) is 4.78. The number of hydrogen-bond acceptors (Lipinski definition) is 3. The zero-order valence-electron chi connectivity index (χ0n) is 15.5. The van der Waals surface area contributed by atoms with Gasteiger partial charge >= 0.3 is 0 Å². The van der Waals surface area contributed by atoms with E-state index < -0.39 is 11.2 Å². The highest BCUT2D eigenvalue weighted by Crippen LogP contribution is 2.37. The normalized spacial score (nSPS) is 18.8. The number of nitrogen functional groups attached to an aromatic ring is 1. The molecule has 130 valence electrons. The minimum Gasteiger partial charge on any atom is -0.399 e. The van der Waals surface area contributed by atoms with E-state index in [2.05, 4.69) is 18.2 Å². The summed E-state index contributed by atoms with van der Waals surface area (Å²) in [7, 11) is 0. The number of anilines is 1. The third-order valence-corrected chi connectivity index (χ3v) is 4.57. The summed E-state index contributed by atoms with van der Waals surface area (Å²) in [5, 5.41) is 0. The monoisotopic (exact) mass is 335 g/mol. The number of hydrogen-bond donors (Lipinski definition) is 1. The first-order valence-corrected chi connectivity index (χ1v) is 8.54. The second-order valence-electron chi connectivity index (χ2n) is 7.75. The van der Waals surface area contributed by atoms with Crippen molar-refractivity contribution >= 4 is 17.0 Å². The highest BCUT2D eigenvalue weighted by molar-refractivity contribution is 6.25. The van der Waals surface area contributed by atoms with Crippen LogP contribution in [0.5, 0.6) is 0 Å². The summed E-state index contributed by atoms with van der Waals surface area (Å²) in [6.45, 7) is 9.68. The first kappa shape index (κ1) is 17.4. The van der Waals surface area contributed by atoms with E-state index >= 15 is 0 Å². The molecule has 0 amide bonds. The molecule has 3 heteroatoms. The maximum absolute atomic E-state index is 13.0.